The van der Waals surface area contributed by atoms with E-state index in [-0.39, 0.29) is 12.2 Å². The van der Waals surface area contributed by atoms with Crippen LogP contribution in [-0.4, -0.2) is 46.3 Å². The van der Waals surface area contributed by atoms with Crippen LogP contribution in [0.2, 0.25) is 6.32 Å². The van der Waals surface area contributed by atoms with Gasteiger partial charge in [0.25, 0.3) is 0 Å². The third kappa shape index (κ3) is 6.98. The number of halogens is 2. The van der Waals surface area contributed by atoms with Crippen molar-refractivity contribution in [3.05, 3.63) is 35.4 Å². The zero-order valence-corrected chi connectivity index (χ0v) is 16.5. The summed E-state index contributed by atoms with van der Waals surface area (Å²) in [5.74, 6) is -1.08. The van der Waals surface area contributed by atoms with Crippen LogP contribution in [0.25, 0.3) is 0 Å². The van der Waals surface area contributed by atoms with Crippen LogP contribution >= 0.6 is 0 Å². The Hall–Kier alpha value is -1.64. The van der Waals surface area contributed by atoms with E-state index in [1.54, 1.807) is 6.07 Å². The largest absolute Gasteiger partial charge is 0.451 e. The molecule has 2 fully saturated rings. The molecule has 0 saturated carbocycles. The second-order valence-electron chi connectivity index (χ2n) is 8.05. The highest BCUT2D eigenvalue weighted by Crippen LogP contribution is 2.41. The molecule has 1 aromatic rings. The highest BCUT2D eigenvalue weighted by atomic mass is 19.2. The molecule has 9 heteroatoms. The number of piperidine rings is 1. The number of fused-ring (bicyclic) bond motifs is 2. The number of nitrogens with two attached hydrogens (primary N) is 1. The van der Waals surface area contributed by atoms with Gasteiger partial charge in [-0.05, 0) is 62.0 Å². The number of rotatable bonds is 8. The van der Waals surface area contributed by atoms with Crippen molar-refractivity contribution in [3.8, 4) is 0 Å². The second-order valence-corrected chi connectivity index (χ2v) is 8.05. The Bertz CT molecular complexity index is 674. The smallest absolute Gasteiger partial charge is 0.427 e. The molecule has 3 rings (SSSR count). The number of benzene rings is 1. The lowest BCUT2D eigenvalue weighted by molar-refractivity contribution is -0.191. The van der Waals surface area contributed by atoms with Crippen LogP contribution in [0.3, 0.4) is 0 Å². The van der Waals surface area contributed by atoms with Crippen molar-refractivity contribution in [1.29, 1.82) is 0 Å². The topological polar surface area (TPSA) is 104 Å². The van der Waals surface area contributed by atoms with Gasteiger partial charge in [-0.2, -0.15) is 9.59 Å². The van der Waals surface area contributed by atoms with Crippen LogP contribution in [0.15, 0.2) is 18.2 Å². The second kappa shape index (κ2) is 11.5. The molecule has 2 bridgehead atoms. The maximum Gasteiger partial charge on any atom is 0.451 e. The zero-order valence-electron chi connectivity index (χ0n) is 16.5. The lowest BCUT2D eigenvalue weighted by atomic mass is 9.80. The number of hydrogen-bond acceptors (Lipinski definition) is 6. The van der Waals surface area contributed by atoms with Crippen molar-refractivity contribution in [2.24, 2.45) is 11.7 Å². The first-order valence-corrected chi connectivity index (χ1v) is 10.2. The Balaban J connectivity index is 0.000000941. The van der Waals surface area contributed by atoms with E-state index >= 15 is 0 Å². The molecule has 0 amide bonds. The van der Waals surface area contributed by atoms with Crippen molar-refractivity contribution >= 4 is 13.3 Å². The molecule has 2 aliphatic heterocycles. The minimum absolute atomic E-state index is 0.152. The average molecular weight is 410 g/mol. The van der Waals surface area contributed by atoms with Crippen molar-refractivity contribution in [1.82, 2.24) is 4.90 Å². The van der Waals surface area contributed by atoms with Gasteiger partial charge in [0.15, 0.2) is 11.6 Å². The van der Waals surface area contributed by atoms with Crippen molar-refractivity contribution in [2.75, 3.05) is 0 Å². The molecule has 0 spiro atoms. The lowest BCUT2D eigenvalue weighted by Gasteiger charge is -2.41. The van der Waals surface area contributed by atoms with E-state index in [1.165, 1.54) is 12.1 Å². The molecular weight excluding hydrogens is 381 g/mol. The van der Waals surface area contributed by atoms with Gasteiger partial charge in [0.2, 0.25) is 0 Å². The molecule has 0 aliphatic carbocycles. The van der Waals surface area contributed by atoms with Gasteiger partial charge in [-0.15, -0.1) is 0 Å². The standard InChI is InChI=1S/C19H29BF2N2O2.CO2/c21-17-7-4-13(9-18(17)22)12-24-15-5-6-16(24)11-14(10-15)19(23)3-1-2-8-20(25)26;2-1-3/h4,7,9,14-16,19,25-26H,1-3,5-6,8,10-12,23H2;. The first-order chi connectivity index (χ1) is 13.8. The van der Waals surface area contributed by atoms with Gasteiger partial charge < -0.3 is 15.8 Å². The maximum atomic E-state index is 13.5. The summed E-state index contributed by atoms with van der Waals surface area (Å²) < 4.78 is 26.6. The first kappa shape index (κ1) is 23.6. The summed E-state index contributed by atoms with van der Waals surface area (Å²) in [7, 11) is -1.22. The molecule has 2 heterocycles. The zero-order chi connectivity index (χ0) is 21.4. The van der Waals surface area contributed by atoms with Crippen LogP contribution in [0.5, 0.6) is 0 Å². The predicted octanol–water partition coefficient (Wildman–Crippen LogP) is 2.09. The maximum absolute atomic E-state index is 13.5. The van der Waals surface area contributed by atoms with Crippen molar-refractivity contribution in [3.63, 3.8) is 0 Å². The molecule has 0 aromatic heterocycles. The van der Waals surface area contributed by atoms with E-state index in [2.05, 4.69) is 4.90 Å². The predicted molar refractivity (Wildman–Crippen MR) is 103 cm³/mol. The summed E-state index contributed by atoms with van der Waals surface area (Å²) in [6.07, 6.45) is 7.69. The minimum Gasteiger partial charge on any atom is -0.427 e. The fraction of sp³-hybridized carbons (Fsp3) is 0.650. The van der Waals surface area contributed by atoms with Crippen molar-refractivity contribution < 1.29 is 28.4 Å². The molecule has 4 N–H and O–H groups in total. The Morgan fingerprint density at radius 1 is 1.14 bits per heavy atom. The highest BCUT2D eigenvalue weighted by molar-refractivity contribution is 6.40. The lowest BCUT2D eigenvalue weighted by Crippen LogP contribution is -2.46. The van der Waals surface area contributed by atoms with Crippen LogP contribution in [0.1, 0.15) is 50.5 Å². The summed E-state index contributed by atoms with van der Waals surface area (Å²) in [6, 6.07) is 5.28. The molecule has 1 aromatic carbocycles. The van der Waals surface area contributed by atoms with Gasteiger partial charge in [0.1, 0.15) is 0 Å². The van der Waals surface area contributed by atoms with Crippen LogP contribution in [-0.2, 0) is 16.1 Å². The fourth-order valence-corrected chi connectivity index (χ4v) is 4.72. The number of unbranched alkanes of at least 4 members (excludes halogenated alkanes) is 1. The first-order valence-electron chi connectivity index (χ1n) is 10.2. The Morgan fingerprint density at radius 3 is 2.31 bits per heavy atom. The van der Waals surface area contributed by atoms with Gasteiger partial charge in [-0.1, -0.05) is 18.9 Å². The summed E-state index contributed by atoms with van der Waals surface area (Å²) in [4.78, 5) is 18.7. The number of nitrogens with zero attached hydrogens (tertiary/aromatic N) is 1. The summed E-state index contributed by atoms with van der Waals surface area (Å²) in [5.41, 5.74) is 7.24. The van der Waals surface area contributed by atoms with Crippen LogP contribution < -0.4 is 5.73 Å². The fourth-order valence-electron chi connectivity index (χ4n) is 4.72. The molecule has 6 nitrogen and oxygen atoms in total. The summed E-state index contributed by atoms with van der Waals surface area (Å²) >= 11 is 0. The molecule has 3 unspecified atom stereocenters. The molecule has 2 aliphatic rings. The van der Waals surface area contributed by atoms with Gasteiger partial charge in [-0.25, -0.2) is 8.78 Å². The third-order valence-electron chi connectivity index (χ3n) is 6.13. The molecule has 2 saturated heterocycles. The van der Waals surface area contributed by atoms with Crippen molar-refractivity contribution in [2.45, 2.75) is 75.9 Å². The van der Waals surface area contributed by atoms with Gasteiger partial charge in [-0.3, -0.25) is 4.90 Å². The van der Waals surface area contributed by atoms with E-state index in [9.17, 15) is 8.78 Å². The van der Waals surface area contributed by atoms with Crippen LogP contribution in [0, 0.1) is 17.6 Å². The van der Waals surface area contributed by atoms with Crippen LogP contribution in [0.4, 0.5) is 8.78 Å². The summed E-state index contributed by atoms with van der Waals surface area (Å²) in [6.45, 7) is 0.670. The SMILES string of the molecule is NC(CCCCB(O)O)C1CC2CCC(C1)N2Cc1ccc(F)c(F)c1.O=C=O. The van der Waals surface area contributed by atoms with Gasteiger partial charge in [0, 0.05) is 24.7 Å². The Morgan fingerprint density at radius 2 is 1.76 bits per heavy atom. The van der Waals surface area contributed by atoms with E-state index in [4.69, 9.17) is 25.4 Å². The van der Waals surface area contributed by atoms with Gasteiger partial charge in [0.05, 0.1) is 0 Å². The molecular formula is C20H29BF2N2O4. The van der Waals surface area contributed by atoms with Gasteiger partial charge >= 0.3 is 13.3 Å². The minimum atomic E-state index is -1.22. The normalized spacial score (nSPS) is 24.4. The van der Waals surface area contributed by atoms with E-state index < -0.39 is 18.8 Å². The molecule has 160 valence electrons. The number of carbonyl (C=O) groups excluding carboxylic acids is 2. The summed E-state index contributed by atoms with van der Waals surface area (Å²) in [5, 5.41) is 17.8. The Kier molecular flexibility index (Phi) is 9.40. The average Bonchev–Trinajstić information content (AvgIpc) is 2.89. The molecule has 29 heavy (non-hydrogen) atoms. The monoisotopic (exact) mass is 410 g/mol. The van der Waals surface area contributed by atoms with E-state index in [0.29, 0.717) is 30.9 Å². The highest BCUT2D eigenvalue weighted by Gasteiger charge is 2.41. The quantitative estimate of drug-likeness (QED) is 0.448. The molecule has 0 radical (unpaired) electrons. The molecule has 3 atom stereocenters. The third-order valence-corrected chi connectivity index (χ3v) is 6.13. The Labute approximate surface area is 170 Å². The number of hydrogen-bond donors (Lipinski definition) is 3. The van der Waals surface area contributed by atoms with E-state index in [0.717, 1.165) is 50.5 Å². The van der Waals surface area contributed by atoms with E-state index in [1.807, 2.05) is 0 Å².